The van der Waals surface area contributed by atoms with E-state index < -0.39 is 12.1 Å². The molecule has 33 heavy (non-hydrogen) atoms. The van der Waals surface area contributed by atoms with Crippen molar-refractivity contribution in [2.45, 2.75) is 31.3 Å². The zero-order chi connectivity index (χ0) is 24.2. The number of ether oxygens (including phenoxy) is 1. The van der Waals surface area contributed by atoms with Gasteiger partial charge in [0.25, 0.3) is 5.91 Å². The van der Waals surface area contributed by atoms with Gasteiger partial charge in [0, 0.05) is 64.8 Å². The van der Waals surface area contributed by atoms with Gasteiger partial charge in [0.15, 0.2) is 0 Å². The van der Waals surface area contributed by atoms with Gasteiger partial charge >= 0.3 is 12.1 Å². The van der Waals surface area contributed by atoms with Crippen molar-refractivity contribution in [3.63, 3.8) is 0 Å². The second-order valence-electron chi connectivity index (χ2n) is 8.05. The number of pyridine rings is 1. The molecule has 1 N–H and O–H groups in total. The first kappa shape index (κ1) is 24.6. The van der Waals surface area contributed by atoms with Crippen molar-refractivity contribution in [3.05, 3.63) is 48.0 Å². The Labute approximate surface area is 188 Å². The number of halogens is 3. The minimum atomic E-state index is -5.08. The number of aliphatic carboxylic acids is 1. The molecule has 2 fully saturated rings. The molecule has 12 heteroatoms. The highest BCUT2D eigenvalue weighted by Gasteiger charge is 2.46. The Morgan fingerprint density at radius 3 is 2.55 bits per heavy atom. The van der Waals surface area contributed by atoms with E-state index in [0.29, 0.717) is 11.5 Å². The SMILES string of the molecule is CO[C@H]1CCN(C(=O)c2cnn(C)c2)[C@@H]2CN(Cc3cccnc3)C[C@H]12.O=C(O)C(F)(F)F. The van der Waals surface area contributed by atoms with Gasteiger partial charge < -0.3 is 14.7 Å². The van der Waals surface area contributed by atoms with Crippen LogP contribution in [0.1, 0.15) is 22.3 Å². The quantitative estimate of drug-likeness (QED) is 0.729. The fraction of sp³-hybridized carbons (Fsp3) is 0.524. The number of rotatable bonds is 4. The zero-order valence-electron chi connectivity index (χ0n) is 18.3. The molecule has 1 amide bonds. The first-order valence-electron chi connectivity index (χ1n) is 10.3. The summed E-state index contributed by atoms with van der Waals surface area (Å²) in [6.07, 6.45) is 3.16. The number of fused-ring (bicyclic) bond motifs is 1. The lowest BCUT2D eigenvalue weighted by Crippen LogP contribution is -2.53. The fourth-order valence-electron chi connectivity index (χ4n) is 4.36. The molecule has 0 unspecified atom stereocenters. The van der Waals surface area contributed by atoms with Crippen LogP contribution in [-0.4, -0.2) is 86.6 Å². The average molecular weight is 469 g/mol. The Morgan fingerprint density at radius 1 is 1.27 bits per heavy atom. The smallest absolute Gasteiger partial charge is 0.475 e. The van der Waals surface area contributed by atoms with Crippen molar-refractivity contribution in [2.24, 2.45) is 13.0 Å². The third-order valence-corrected chi connectivity index (χ3v) is 5.83. The van der Waals surface area contributed by atoms with E-state index in [1.54, 1.807) is 30.4 Å². The molecule has 180 valence electrons. The Morgan fingerprint density at radius 2 is 2.00 bits per heavy atom. The van der Waals surface area contributed by atoms with E-state index in [9.17, 15) is 18.0 Å². The maximum Gasteiger partial charge on any atom is 0.490 e. The van der Waals surface area contributed by atoms with Crippen molar-refractivity contribution in [2.75, 3.05) is 26.7 Å². The number of hydrogen-bond acceptors (Lipinski definition) is 6. The molecule has 2 aromatic rings. The van der Waals surface area contributed by atoms with Crippen LogP contribution in [-0.2, 0) is 23.1 Å². The predicted molar refractivity (Wildman–Crippen MR) is 110 cm³/mol. The summed E-state index contributed by atoms with van der Waals surface area (Å²) in [6.45, 7) is 3.39. The van der Waals surface area contributed by atoms with Crippen LogP contribution in [0.5, 0.6) is 0 Å². The van der Waals surface area contributed by atoms with Gasteiger partial charge in [0.1, 0.15) is 0 Å². The summed E-state index contributed by atoms with van der Waals surface area (Å²) in [7, 11) is 3.62. The summed E-state index contributed by atoms with van der Waals surface area (Å²) in [5.41, 5.74) is 1.86. The normalized spacial score (nSPS) is 22.9. The van der Waals surface area contributed by atoms with Crippen molar-refractivity contribution >= 4 is 11.9 Å². The van der Waals surface area contributed by atoms with Gasteiger partial charge in [-0.2, -0.15) is 18.3 Å². The van der Waals surface area contributed by atoms with Gasteiger partial charge in [-0.1, -0.05) is 6.07 Å². The van der Waals surface area contributed by atoms with Crippen molar-refractivity contribution < 1.29 is 32.6 Å². The fourth-order valence-corrected chi connectivity index (χ4v) is 4.36. The molecule has 3 atom stereocenters. The maximum atomic E-state index is 13.0. The second kappa shape index (κ2) is 10.3. The molecule has 2 aliphatic rings. The van der Waals surface area contributed by atoms with Crippen molar-refractivity contribution in [3.8, 4) is 0 Å². The minimum Gasteiger partial charge on any atom is -0.475 e. The molecule has 0 saturated carbocycles. The number of aromatic nitrogens is 3. The Bertz CT molecular complexity index is 953. The third kappa shape index (κ3) is 6.08. The first-order chi connectivity index (χ1) is 15.6. The number of carboxylic acid groups (broad SMARTS) is 1. The van der Waals surface area contributed by atoms with E-state index in [1.165, 1.54) is 5.56 Å². The molecule has 0 spiro atoms. The number of amides is 1. The number of aryl methyl sites for hydroxylation is 1. The van der Waals surface area contributed by atoms with Gasteiger partial charge in [-0.15, -0.1) is 0 Å². The number of piperidine rings is 1. The van der Waals surface area contributed by atoms with E-state index in [2.05, 4.69) is 21.0 Å². The number of alkyl halides is 3. The Hall–Kier alpha value is -2.99. The number of likely N-dealkylation sites (tertiary alicyclic amines) is 2. The highest BCUT2D eigenvalue weighted by molar-refractivity contribution is 5.94. The van der Waals surface area contributed by atoms with Gasteiger partial charge in [-0.05, 0) is 18.1 Å². The highest BCUT2D eigenvalue weighted by atomic mass is 19.4. The van der Waals surface area contributed by atoms with E-state index in [-0.39, 0.29) is 18.1 Å². The van der Waals surface area contributed by atoms with Gasteiger partial charge in [0.2, 0.25) is 0 Å². The highest BCUT2D eigenvalue weighted by Crippen LogP contribution is 2.34. The lowest BCUT2D eigenvalue weighted by Gasteiger charge is -2.41. The van der Waals surface area contributed by atoms with Crippen LogP contribution in [0.15, 0.2) is 36.9 Å². The van der Waals surface area contributed by atoms with Crippen molar-refractivity contribution in [1.29, 1.82) is 0 Å². The summed E-state index contributed by atoms with van der Waals surface area (Å²) in [5, 5.41) is 11.3. The Balaban J connectivity index is 0.000000383. The van der Waals surface area contributed by atoms with E-state index in [1.807, 2.05) is 24.2 Å². The van der Waals surface area contributed by atoms with Crippen LogP contribution >= 0.6 is 0 Å². The molecular formula is C21H26F3N5O4. The van der Waals surface area contributed by atoms with Crippen LogP contribution in [0.25, 0.3) is 0 Å². The van der Waals surface area contributed by atoms with E-state index in [4.69, 9.17) is 14.6 Å². The summed E-state index contributed by atoms with van der Waals surface area (Å²) < 4.78 is 39.2. The number of carbonyl (C=O) groups excluding carboxylic acids is 1. The molecule has 4 rings (SSSR count). The van der Waals surface area contributed by atoms with Gasteiger partial charge in [0.05, 0.1) is 23.9 Å². The summed E-state index contributed by atoms with van der Waals surface area (Å²) >= 11 is 0. The lowest BCUT2D eigenvalue weighted by molar-refractivity contribution is -0.192. The number of carbonyl (C=O) groups is 2. The third-order valence-electron chi connectivity index (χ3n) is 5.83. The largest absolute Gasteiger partial charge is 0.490 e. The molecule has 2 saturated heterocycles. The molecule has 2 aliphatic heterocycles. The van der Waals surface area contributed by atoms with Crippen LogP contribution in [0.3, 0.4) is 0 Å². The van der Waals surface area contributed by atoms with Gasteiger partial charge in [-0.3, -0.25) is 19.4 Å². The topological polar surface area (TPSA) is 101 Å². The standard InChI is InChI=1S/C19H25N5O2.C2HF3O2/c1-22-11-15(9-21-22)19(25)24-7-5-18(26-2)16-12-23(13-17(16)24)10-14-4-3-6-20-8-14;3-2(4,5)1(6)7/h3-4,6,8-9,11,16-18H,5,7,10,12-13H2,1-2H3;(H,6,7)/t16-,17+,18-;/m0./s1. The molecule has 0 aliphatic carbocycles. The van der Waals surface area contributed by atoms with E-state index >= 15 is 0 Å². The van der Waals surface area contributed by atoms with Crippen LogP contribution in [0.2, 0.25) is 0 Å². The minimum absolute atomic E-state index is 0.0749. The summed E-state index contributed by atoms with van der Waals surface area (Å²) in [4.78, 5) is 30.6. The molecular weight excluding hydrogens is 443 g/mol. The zero-order valence-corrected chi connectivity index (χ0v) is 18.3. The molecule has 9 nitrogen and oxygen atoms in total. The summed E-state index contributed by atoms with van der Waals surface area (Å²) in [6, 6.07) is 4.24. The monoisotopic (exact) mass is 469 g/mol. The maximum absolute atomic E-state index is 13.0. The van der Waals surface area contributed by atoms with Crippen LogP contribution in [0, 0.1) is 5.92 Å². The number of methoxy groups -OCH3 is 1. The van der Waals surface area contributed by atoms with Crippen LogP contribution < -0.4 is 0 Å². The molecule has 0 aromatic carbocycles. The van der Waals surface area contributed by atoms with Crippen molar-refractivity contribution in [1.82, 2.24) is 24.6 Å². The molecule has 2 aromatic heterocycles. The predicted octanol–water partition coefficient (Wildman–Crippen LogP) is 1.81. The first-order valence-corrected chi connectivity index (χ1v) is 10.3. The van der Waals surface area contributed by atoms with Gasteiger partial charge in [-0.25, -0.2) is 4.79 Å². The molecule has 4 heterocycles. The number of nitrogens with zero attached hydrogens (tertiary/aromatic N) is 5. The molecule has 0 radical (unpaired) electrons. The van der Waals surface area contributed by atoms with Crippen LogP contribution in [0.4, 0.5) is 13.2 Å². The average Bonchev–Trinajstić information content (AvgIpc) is 3.39. The number of hydrogen-bond donors (Lipinski definition) is 1. The Kier molecular flexibility index (Phi) is 7.69. The van der Waals surface area contributed by atoms with E-state index in [0.717, 1.165) is 32.6 Å². The molecule has 0 bridgehead atoms. The summed E-state index contributed by atoms with van der Waals surface area (Å²) in [5.74, 6) is -2.34. The second-order valence-corrected chi connectivity index (χ2v) is 8.05. The number of carboxylic acids is 1. The lowest BCUT2D eigenvalue weighted by atomic mass is 9.88.